The van der Waals surface area contributed by atoms with Crippen molar-refractivity contribution in [3.05, 3.63) is 29.8 Å². The van der Waals surface area contributed by atoms with Crippen LogP contribution in [0.25, 0.3) is 0 Å². The Morgan fingerprint density at radius 2 is 2.17 bits per heavy atom. The van der Waals surface area contributed by atoms with Crippen LogP contribution in [0.15, 0.2) is 24.3 Å². The summed E-state index contributed by atoms with van der Waals surface area (Å²) in [6.45, 7) is -0.00384. The summed E-state index contributed by atoms with van der Waals surface area (Å²) in [5, 5.41) is 2.91. The maximum absolute atomic E-state index is 11.6. The fourth-order valence-electron chi connectivity index (χ4n) is 1.76. The number of thiocarbonyl (C=S) groups is 1. The van der Waals surface area contributed by atoms with Gasteiger partial charge < -0.3 is 15.8 Å². The first-order valence-corrected chi connectivity index (χ1v) is 6.38. The summed E-state index contributed by atoms with van der Waals surface area (Å²) in [6.07, 6.45) is 3.32. The van der Waals surface area contributed by atoms with Crippen LogP contribution in [0.5, 0.6) is 5.75 Å². The van der Waals surface area contributed by atoms with Gasteiger partial charge in [-0.1, -0.05) is 24.4 Å². The van der Waals surface area contributed by atoms with E-state index in [-0.39, 0.29) is 17.5 Å². The van der Waals surface area contributed by atoms with Gasteiger partial charge in [0.15, 0.2) is 6.61 Å². The van der Waals surface area contributed by atoms with Crippen LogP contribution in [0, 0.1) is 0 Å². The van der Waals surface area contributed by atoms with Gasteiger partial charge in [0.2, 0.25) is 0 Å². The van der Waals surface area contributed by atoms with E-state index in [0.717, 1.165) is 12.8 Å². The second kappa shape index (κ2) is 5.82. The van der Waals surface area contributed by atoms with E-state index < -0.39 is 0 Å². The molecule has 3 N–H and O–H groups in total. The van der Waals surface area contributed by atoms with Crippen molar-refractivity contribution in [3.63, 3.8) is 0 Å². The van der Waals surface area contributed by atoms with E-state index in [1.165, 1.54) is 6.42 Å². The molecule has 0 saturated heterocycles. The average molecular weight is 264 g/mol. The highest BCUT2D eigenvalue weighted by atomic mass is 32.1. The molecular formula is C13H16N2O2S. The van der Waals surface area contributed by atoms with Gasteiger partial charge in [-0.2, -0.15) is 0 Å². The fourth-order valence-corrected chi connectivity index (χ4v) is 1.93. The molecule has 1 aromatic carbocycles. The summed E-state index contributed by atoms with van der Waals surface area (Å²) in [5.41, 5.74) is 6.24. The zero-order valence-electron chi connectivity index (χ0n) is 10.0. The Hall–Kier alpha value is -1.62. The highest BCUT2D eigenvalue weighted by molar-refractivity contribution is 7.80. The Balaban J connectivity index is 1.89. The van der Waals surface area contributed by atoms with Crippen molar-refractivity contribution < 1.29 is 9.53 Å². The number of hydrogen-bond donors (Lipinski definition) is 2. The van der Waals surface area contributed by atoms with Crippen molar-refractivity contribution in [2.45, 2.75) is 25.3 Å². The predicted octanol–water partition coefficient (Wildman–Crippen LogP) is 1.37. The van der Waals surface area contributed by atoms with Gasteiger partial charge in [-0.05, 0) is 31.4 Å². The van der Waals surface area contributed by atoms with Crippen LogP contribution in [0.1, 0.15) is 24.8 Å². The molecule has 1 saturated carbocycles. The van der Waals surface area contributed by atoms with Crippen molar-refractivity contribution in [1.82, 2.24) is 5.32 Å². The Labute approximate surface area is 112 Å². The van der Waals surface area contributed by atoms with Crippen LogP contribution in [0.3, 0.4) is 0 Å². The SMILES string of the molecule is NC(=S)c1ccccc1OCC(=O)NC1CCC1. The van der Waals surface area contributed by atoms with Gasteiger partial charge >= 0.3 is 0 Å². The van der Waals surface area contributed by atoms with Crippen molar-refractivity contribution in [3.8, 4) is 5.75 Å². The summed E-state index contributed by atoms with van der Waals surface area (Å²) in [7, 11) is 0. The largest absolute Gasteiger partial charge is 0.483 e. The van der Waals surface area contributed by atoms with Crippen molar-refractivity contribution >= 4 is 23.1 Å². The first-order chi connectivity index (χ1) is 8.66. The molecule has 5 heteroatoms. The van der Waals surface area contributed by atoms with E-state index >= 15 is 0 Å². The Morgan fingerprint density at radius 1 is 1.44 bits per heavy atom. The molecule has 0 aliphatic heterocycles. The second-order valence-corrected chi connectivity index (χ2v) is 4.78. The standard InChI is InChI=1S/C13H16N2O2S/c14-13(18)10-6-1-2-7-11(10)17-8-12(16)15-9-4-3-5-9/h1-2,6-7,9H,3-5,8H2,(H2,14,18)(H,15,16). The quantitative estimate of drug-likeness (QED) is 0.788. The molecule has 1 fully saturated rings. The number of nitrogens with one attached hydrogen (secondary N) is 1. The maximum atomic E-state index is 11.6. The lowest BCUT2D eigenvalue weighted by Gasteiger charge is -2.26. The molecule has 0 unspecified atom stereocenters. The monoisotopic (exact) mass is 264 g/mol. The van der Waals surface area contributed by atoms with E-state index in [1.54, 1.807) is 12.1 Å². The molecule has 1 aliphatic rings. The van der Waals surface area contributed by atoms with Gasteiger partial charge in [0.25, 0.3) is 5.91 Å². The van der Waals surface area contributed by atoms with Gasteiger partial charge in [-0.15, -0.1) is 0 Å². The van der Waals surface area contributed by atoms with E-state index in [1.807, 2.05) is 12.1 Å². The van der Waals surface area contributed by atoms with Crippen LogP contribution < -0.4 is 15.8 Å². The molecular weight excluding hydrogens is 248 g/mol. The molecule has 1 aliphatic carbocycles. The molecule has 96 valence electrons. The van der Waals surface area contributed by atoms with Gasteiger partial charge in [-0.3, -0.25) is 4.79 Å². The smallest absolute Gasteiger partial charge is 0.258 e. The zero-order valence-corrected chi connectivity index (χ0v) is 10.8. The lowest BCUT2D eigenvalue weighted by molar-refractivity contribution is -0.124. The molecule has 0 bridgehead atoms. The number of nitrogens with two attached hydrogens (primary N) is 1. The number of amides is 1. The summed E-state index contributed by atoms with van der Waals surface area (Å²) < 4.78 is 5.45. The maximum Gasteiger partial charge on any atom is 0.258 e. The van der Waals surface area contributed by atoms with Gasteiger partial charge in [-0.25, -0.2) is 0 Å². The third kappa shape index (κ3) is 3.20. The van der Waals surface area contributed by atoms with Gasteiger partial charge in [0.1, 0.15) is 10.7 Å². The normalized spacial score (nSPS) is 14.7. The molecule has 1 amide bonds. The minimum absolute atomic E-state index is 0.00384. The van der Waals surface area contributed by atoms with E-state index in [9.17, 15) is 4.79 Å². The number of hydrogen-bond acceptors (Lipinski definition) is 3. The fraction of sp³-hybridized carbons (Fsp3) is 0.385. The van der Waals surface area contributed by atoms with Crippen LogP contribution in [-0.2, 0) is 4.79 Å². The van der Waals surface area contributed by atoms with Crippen LogP contribution >= 0.6 is 12.2 Å². The van der Waals surface area contributed by atoms with Crippen molar-refractivity contribution in [2.75, 3.05) is 6.61 Å². The summed E-state index contributed by atoms with van der Waals surface area (Å²) in [4.78, 5) is 11.9. The van der Waals surface area contributed by atoms with Crippen LogP contribution in [-0.4, -0.2) is 23.5 Å². The Bertz CT molecular complexity index is 458. The lowest BCUT2D eigenvalue weighted by atomic mass is 9.93. The van der Waals surface area contributed by atoms with E-state index in [2.05, 4.69) is 5.32 Å². The molecule has 0 radical (unpaired) electrons. The number of para-hydroxylation sites is 1. The van der Waals surface area contributed by atoms with Crippen LogP contribution in [0.2, 0.25) is 0 Å². The second-order valence-electron chi connectivity index (χ2n) is 4.34. The van der Waals surface area contributed by atoms with Crippen molar-refractivity contribution in [2.24, 2.45) is 5.73 Å². The molecule has 2 rings (SSSR count). The lowest BCUT2D eigenvalue weighted by Crippen LogP contribution is -2.41. The first-order valence-electron chi connectivity index (χ1n) is 5.98. The van der Waals surface area contributed by atoms with Crippen LogP contribution in [0.4, 0.5) is 0 Å². The highest BCUT2D eigenvalue weighted by Gasteiger charge is 2.19. The van der Waals surface area contributed by atoms with Crippen molar-refractivity contribution in [1.29, 1.82) is 0 Å². The number of carbonyl (C=O) groups is 1. The molecule has 18 heavy (non-hydrogen) atoms. The molecule has 0 aromatic heterocycles. The Morgan fingerprint density at radius 3 is 2.78 bits per heavy atom. The molecule has 0 heterocycles. The Kier molecular flexibility index (Phi) is 4.15. The number of benzene rings is 1. The zero-order chi connectivity index (χ0) is 13.0. The summed E-state index contributed by atoms with van der Waals surface area (Å²) in [6, 6.07) is 7.51. The third-order valence-electron chi connectivity index (χ3n) is 2.98. The minimum atomic E-state index is -0.0996. The topological polar surface area (TPSA) is 64.3 Å². The molecule has 1 aromatic rings. The average Bonchev–Trinajstić information content (AvgIpc) is 2.31. The third-order valence-corrected chi connectivity index (χ3v) is 3.20. The number of carbonyl (C=O) groups excluding carboxylic acids is 1. The summed E-state index contributed by atoms with van der Waals surface area (Å²) in [5.74, 6) is 0.450. The molecule has 4 nitrogen and oxygen atoms in total. The van der Waals surface area contributed by atoms with E-state index in [4.69, 9.17) is 22.7 Å². The summed E-state index contributed by atoms with van der Waals surface area (Å²) >= 11 is 4.92. The predicted molar refractivity (Wildman–Crippen MR) is 73.6 cm³/mol. The molecule has 0 atom stereocenters. The molecule has 0 spiro atoms. The van der Waals surface area contributed by atoms with Gasteiger partial charge in [0.05, 0.1) is 5.56 Å². The highest BCUT2D eigenvalue weighted by Crippen LogP contribution is 2.19. The van der Waals surface area contributed by atoms with E-state index in [0.29, 0.717) is 17.4 Å². The first kappa shape index (κ1) is 12.8. The number of rotatable bonds is 5. The minimum Gasteiger partial charge on any atom is -0.483 e. The number of ether oxygens (including phenoxy) is 1. The van der Waals surface area contributed by atoms with Gasteiger partial charge in [0, 0.05) is 6.04 Å².